The Kier molecular flexibility index (Phi) is 5.49. The highest BCUT2D eigenvalue weighted by atomic mass is 32.2. The molecule has 1 fully saturated rings. The monoisotopic (exact) mass is 288 g/mol. The van der Waals surface area contributed by atoms with Gasteiger partial charge in [0, 0.05) is 11.3 Å². The van der Waals surface area contributed by atoms with Gasteiger partial charge in [-0.25, -0.2) is 0 Å². The quantitative estimate of drug-likeness (QED) is 0.906. The first-order valence-electron chi connectivity index (χ1n) is 7.12. The summed E-state index contributed by atoms with van der Waals surface area (Å²) >= 11 is 1.91. The van der Waals surface area contributed by atoms with Crippen LogP contribution < -0.4 is 5.32 Å². The molecule has 3 nitrogen and oxygen atoms in total. The van der Waals surface area contributed by atoms with Crippen molar-refractivity contribution in [2.24, 2.45) is 0 Å². The lowest BCUT2D eigenvalue weighted by Crippen LogP contribution is -2.41. The van der Waals surface area contributed by atoms with Gasteiger partial charge in [0.05, 0.1) is 6.07 Å². The molecule has 0 heterocycles. The van der Waals surface area contributed by atoms with Crippen molar-refractivity contribution in [2.45, 2.75) is 43.4 Å². The third-order valence-electron chi connectivity index (χ3n) is 3.69. The van der Waals surface area contributed by atoms with Crippen LogP contribution in [0.15, 0.2) is 30.3 Å². The fourth-order valence-electron chi connectivity index (χ4n) is 2.70. The maximum Gasteiger partial charge on any atom is 0.242 e. The van der Waals surface area contributed by atoms with Crippen molar-refractivity contribution in [1.29, 1.82) is 5.26 Å². The molecule has 2 rings (SSSR count). The summed E-state index contributed by atoms with van der Waals surface area (Å²) in [5, 5.41) is 12.9. The highest BCUT2D eigenvalue weighted by Crippen LogP contribution is 2.30. The van der Waals surface area contributed by atoms with Crippen LogP contribution >= 0.6 is 11.8 Å². The van der Waals surface area contributed by atoms with Crippen molar-refractivity contribution in [3.05, 3.63) is 35.9 Å². The molecule has 0 radical (unpaired) electrons. The first-order chi connectivity index (χ1) is 9.76. The van der Waals surface area contributed by atoms with Gasteiger partial charge in [0.25, 0.3) is 0 Å². The maximum absolute atomic E-state index is 12.3. The van der Waals surface area contributed by atoms with Crippen LogP contribution in [0.25, 0.3) is 0 Å². The molecule has 0 saturated heterocycles. The predicted octanol–water partition coefficient (Wildman–Crippen LogP) is 3.08. The van der Waals surface area contributed by atoms with E-state index in [2.05, 4.69) is 18.3 Å². The summed E-state index contributed by atoms with van der Waals surface area (Å²) in [5.41, 5.74) is 0.769. The molecular weight excluding hydrogens is 268 g/mol. The zero-order chi connectivity index (χ0) is 14.4. The van der Waals surface area contributed by atoms with Crippen LogP contribution in [0.3, 0.4) is 0 Å². The average molecular weight is 288 g/mol. The summed E-state index contributed by atoms with van der Waals surface area (Å²) in [6.07, 6.45) is 3.34. The van der Waals surface area contributed by atoms with Crippen LogP contribution in [0.1, 0.15) is 37.7 Å². The summed E-state index contributed by atoms with van der Waals surface area (Å²) in [7, 11) is 0. The fourth-order valence-corrected chi connectivity index (χ4v) is 3.90. The van der Waals surface area contributed by atoms with Gasteiger partial charge >= 0.3 is 0 Å². The molecule has 3 atom stereocenters. The molecule has 1 amide bonds. The van der Waals surface area contributed by atoms with Gasteiger partial charge < -0.3 is 5.32 Å². The minimum atomic E-state index is -0.705. The number of nitrogens with zero attached hydrogens (tertiary/aromatic N) is 1. The summed E-state index contributed by atoms with van der Waals surface area (Å²) in [4.78, 5) is 12.3. The molecule has 1 aromatic carbocycles. The Labute approximate surface area is 124 Å². The minimum Gasteiger partial charge on any atom is -0.351 e. The van der Waals surface area contributed by atoms with Crippen LogP contribution in [-0.4, -0.2) is 23.0 Å². The Hall–Kier alpha value is -1.47. The van der Waals surface area contributed by atoms with Gasteiger partial charge in [-0.2, -0.15) is 17.0 Å². The van der Waals surface area contributed by atoms with E-state index in [4.69, 9.17) is 0 Å². The number of hydrogen-bond donors (Lipinski definition) is 1. The van der Waals surface area contributed by atoms with Crippen molar-refractivity contribution in [3.63, 3.8) is 0 Å². The van der Waals surface area contributed by atoms with Crippen molar-refractivity contribution in [2.75, 3.05) is 5.75 Å². The SMILES string of the molecule is CCSC1CCCC1NC(=O)C(C#N)c1ccccc1. The first-order valence-corrected chi connectivity index (χ1v) is 8.17. The minimum absolute atomic E-state index is 0.160. The summed E-state index contributed by atoms with van der Waals surface area (Å²) < 4.78 is 0. The molecular formula is C16H20N2OS. The van der Waals surface area contributed by atoms with Crippen molar-refractivity contribution in [3.8, 4) is 6.07 Å². The number of carbonyl (C=O) groups is 1. The van der Waals surface area contributed by atoms with Crippen LogP contribution in [0.2, 0.25) is 0 Å². The number of carbonyl (C=O) groups excluding carboxylic acids is 1. The molecule has 1 saturated carbocycles. The zero-order valence-electron chi connectivity index (χ0n) is 11.7. The van der Waals surface area contributed by atoms with E-state index in [0.717, 1.165) is 30.6 Å². The molecule has 0 aromatic heterocycles. The molecule has 1 aromatic rings. The smallest absolute Gasteiger partial charge is 0.242 e. The number of nitriles is 1. The molecule has 20 heavy (non-hydrogen) atoms. The van der Waals surface area contributed by atoms with E-state index < -0.39 is 5.92 Å². The van der Waals surface area contributed by atoms with Gasteiger partial charge in [-0.1, -0.05) is 43.7 Å². The third kappa shape index (κ3) is 3.55. The van der Waals surface area contributed by atoms with E-state index in [1.165, 1.54) is 0 Å². The van der Waals surface area contributed by atoms with Gasteiger partial charge in [-0.15, -0.1) is 0 Å². The van der Waals surface area contributed by atoms with E-state index in [0.29, 0.717) is 5.25 Å². The number of rotatable bonds is 5. The van der Waals surface area contributed by atoms with Crippen molar-refractivity contribution in [1.82, 2.24) is 5.32 Å². The molecule has 0 bridgehead atoms. The second-order valence-electron chi connectivity index (χ2n) is 5.01. The van der Waals surface area contributed by atoms with Crippen molar-refractivity contribution < 1.29 is 4.79 Å². The lowest BCUT2D eigenvalue weighted by atomic mass is 9.99. The van der Waals surface area contributed by atoms with Crippen LogP contribution in [0, 0.1) is 11.3 Å². The Morgan fingerprint density at radius 2 is 2.20 bits per heavy atom. The number of thioether (sulfide) groups is 1. The van der Waals surface area contributed by atoms with Crippen LogP contribution in [0.4, 0.5) is 0 Å². The number of benzene rings is 1. The first kappa shape index (κ1) is 14.9. The van der Waals surface area contributed by atoms with E-state index >= 15 is 0 Å². The number of nitrogens with one attached hydrogen (secondary N) is 1. The molecule has 0 spiro atoms. The summed E-state index contributed by atoms with van der Waals surface area (Å²) in [6.45, 7) is 2.14. The molecule has 106 valence electrons. The Bertz CT molecular complexity index is 483. The molecule has 0 aliphatic heterocycles. The zero-order valence-corrected chi connectivity index (χ0v) is 12.5. The molecule has 3 unspecified atom stereocenters. The summed E-state index contributed by atoms with van der Waals surface area (Å²) in [5.74, 6) is 0.202. The summed E-state index contributed by atoms with van der Waals surface area (Å²) in [6, 6.07) is 11.6. The van der Waals surface area contributed by atoms with Gasteiger partial charge in [-0.05, 0) is 24.2 Å². The maximum atomic E-state index is 12.3. The normalized spacial score (nSPS) is 23.0. The van der Waals surface area contributed by atoms with Gasteiger partial charge in [-0.3, -0.25) is 4.79 Å². The highest BCUT2D eigenvalue weighted by Gasteiger charge is 2.31. The van der Waals surface area contributed by atoms with Gasteiger partial charge in [0.2, 0.25) is 5.91 Å². The number of amides is 1. The van der Waals surface area contributed by atoms with Crippen LogP contribution in [-0.2, 0) is 4.79 Å². The fraction of sp³-hybridized carbons (Fsp3) is 0.500. The molecule has 4 heteroatoms. The Morgan fingerprint density at radius 1 is 1.45 bits per heavy atom. The van der Waals surface area contributed by atoms with E-state index in [-0.39, 0.29) is 11.9 Å². The van der Waals surface area contributed by atoms with Gasteiger partial charge in [0.15, 0.2) is 0 Å². The molecule has 1 aliphatic rings. The van der Waals surface area contributed by atoms with E-state index in [1.807, 2.05) is 42.1 Å². The predicted molar refractivity (Wildman–Crippen MR) is 82.5 cm³/mol. The molecule has 1 aliphatic carbocycles. The Morgan fingerprint density at radius 3 is 2.85 bits per heavy atom. The second-order valence-corrected chi connectivity index (χ2v) is 6.53. The highest BCUT2D eigenvalue weighted by molar-refractivity contribution is 7.99. The van der Waals surface area contributed by atoms with E-state index in [1.54, 1.807) is 0 Å². The lowest BCUT2D eigenvalue weighted by molar-refractivity contribution is -0.122. The largest absolute Gasteiger partial charge is 0.351 e. The van der Waals surface area contributed by atoms with E-state index in [9.17, 15) is 10.1 Å². The lowest BCUT2D eigenvalue weighted by Gasteiger charge is -2.21. The average Bonchev–Trinajstić information content (AvgIpc) is 2.88. The molecule has 1 N–H and O–H groups in total. The Balaban J connectivity index is 2.02. The third-order valence-corrected chi connectivity index (χ3v) is 5.01. The second kappa shape index (κ2) is 7.35. The number of hydrogen-bond acceptors (Lipinski definition) is 3. The van der Waals surface area contributed by atoms with Gasteiger partial charge in [0.1, 0.15) is 5.92 Å². The topological polar surface area (TPSA) is 52.9 Å². The standard InChI is InChI=1S/C16H20N2OS/c1-2-20-15-10-6-9-14(15)18-16(19)13(11-17)12-7-4-3-5-8-12/h3-5,7-8,13-15H,2,6,9-10H2,1H3,(H,18,19). The van der Waals surface area contributed by atoms with Crippen LogP contribution in [0.5, 0.6) is 0 Å². The van der Waals surface area contributed by atoms with Crippen molar-refractivity contribution >= 4 is 17.7 Å².